The van der Waals surface area contributed by atoms with Crippen LogP contribution in [0.3, 0.4) is 0 Å². The van der Waals surface area contributed by atoms with E-state index >= 15 is 0 Å². The molecule has 0 bridgehead atoms. The summed E-state index contributed by atoms with van der Waals surface area (Å²) in [6.45, 7) is 1.10. The van der Waals surface area contributed by atoms with Gasteiger partial charge in [0.2, 0.25) is 0 Å². The maximum Gasteiger partial charge on any atom is 0.340 e. The van der Waals surface area contributed by atoms with E-state index in [2.05, 4.69) is 11.8 Å². The van der Waals surface area contributed by atoms with Gasteiger partial charge in [-0.05, 0) is 19.1 Å². The molecule has 1 aliphatic rings. The van der Waals surface area contributed by atoms with Crippen LogP contribution in [0.1, 0.15) is 35.5 Å². The molecule has 0 aliphatic carbocycles. The highest BCUT2D eigenvalue weighted by Crippen LogP contribution is 2.27. The van der Waals surface area contributed by atoms with E-state index in [4.69, 9.17) is 4.74 Å². The molecule has 0 spiro atoms. The van der Waals surface area contributed by atoms with Crippen LogP contribution in [0.25, 0.3) is 0 Å². The summed E-state index contributed by atoms with van der Waals surface area (Å²) in [6.07, 6.45) is -1.52. The summed E-state index contributed by atoms with van der Waals surface area (Å²) < 4.78 is 7.06. The largest absolute Gasteiger partial charge is 0.394 e. The van der Waals surface area contributed by atoms with E-state index < -0.39 is 42.2 Å². The Labute approximate surface area is 154 Å². The number of aliphatic hydroxyl groups is 2. The molecule has 0 saturated carbocycles. The van der Waals surface area contributed by atoms with E-state index in [9.17, 15) is 24.6 Å². The van der Waals surface area contributed by atoms with Gasteiger partial charge in [-0.15, -0.1) is 5.92 Å². The monoisotopic (exact) mass is 370 g/mol. The van der Waals surface area contributed by atoms with Crippen LogP contribution < -0.4 is 11.2 Å². The molecule has 1 saturated heterocycles. The number of hydrogen-bond acceptors (Lipinski definition) is 6. The van der Waals surface area contributed by atoms with Crippen molar-refractivity contribution in [3.8, 4) is 11.8 Å². The molecule has 27 heavy (non-hydrogen) atoms. The Morgan fingerprint density at radius 3 is 2.59 bits per heavy atom. The summed E-state index contributed by atoms with van der Waals surface area (Å²) in [4.78, 5) is 38.3. The highest BCUT2D eigenvalue weighted by molar-refractivity contribution is 5.95. The molecule has 0 radical (unpaired) electrons. The summed E-state index contributed by atoms with van der Waals surface area (Å²) in [7, 11) is 0. The lowest BCUT2D eigenvalue weighted by Gasteiger charge is -2.16. The Bertz CT molecular complexity index is 1030. The molecule has 2 aromatic rings. The third-order valence-electron chi connectivity index (χ3n) is 4.29. The van der Waals surface area contributed by atoms with Gasteiger partial charge in [0.05, 0.1) is 12.7 Å². The maximum absolute atomic E-state index is 12.9. The van der Waals surface area contributed by atoms with Crippen molar-refractivity contribution in [1.29, 1.82) is 0 Å². The van der Waals surface area contributed by atoms with Crippen molar-refractivity contribution in [3.63, 3.8) is 0 Å². The fourth-order valence-electron chi connectivity index (χ4n) is 2.94. The lowest BCUT2D eigenvalue weighted by molar-refractivity contribution is -0.0462. The van der Waals surface area contributed by atoms with Crippen LogP contribution in [0.4, 0.5) is 0 Å². The zero-order chi connectivity index (χ0) is 19.6. The van der Waals surface area contributed by atoms with Crippen LogP contribution in [-0.2, 0) is 4.74 Å². The van der Waals surface area contributed by atoms with Crippen molar-refractivity contribution in [1.82, 2.24) is 9.13 Å². The van der Waals surface area contributed by atoms with Gasteiger partial charge in [0.15, 0.2) is 0 Å². The molecule has 1 aliphatic heterocycles. The number of aliphatic hydroxyl groups excluding tert-OH is 2. The number of aromatic nitrogens is 2. The summed E-state index contributed by atoms with van der Waals surface area (Å²) in [5, 5.41) is 19.2. The predicted molar refractivity (Wildman–Crippen MR) is 95.3 cm³/mol. The van der Waals surface area contributed by atoms with E-state index in [0.29, 0.717) is 4.57 Å². The molecule has 1 aromatic carbocycles. The lowest BCUT2D eigenvalue weighted by atomic mass is 10.2. The Morgan fingerprint density at radius 2 is 2.00 bits per heavy atom. The van der Waals surface area contributed by atoms with Gasteiger partial charge in [-0.1, -0.05) is 24.1 Å². The molecule has 8 heteroatoms. The van der Waals surface area contributed by atoms with Crippen molar-refractivity contribution in [2.24, 2.45) is 0 Å². The molecule has 2 N–H and O–H groups in total. The van der Waals surface area contributed by atoms with Crippen molar-refractivity contribution in [3.05, 3.63) is 68.5 Å². The molecule has 8 nitrogen and oxygen atoms in total. The molecule has 0 unspecified atom stereocenters. The first-order valence-electron chi connectivity index (χ1n) is 8.33. The zero-order valence-corrected chi connectivity index (χ0v) is 14.5. The third-order valence-corrected chi connectivity index (χ3v) is 4.29. The summed E-state index contributed by atoms with van der Waals surface area (Å²) in [6, 6.07) is 7.94. The van der Waals surface area contributed by atoms with E-state index in [1.54, 1.807) is 18.2 Å². The Hall–Kier alpha value is -2.99. The first-order chi connectivity index (χ1) is 13.0. The minimum Gasteiger partial charge on any atom is -0.394 e. The minimum atomic E-state index is -0.974. The number of carbonyl (C=O) groups excluding carboxylic acids is 1. The van der Waals surface area contributed by atoms with Crippen LogP contribution >= 0.6 is 0 Å². The van der Waals surface area contributed by atoms with Crippen LogP contribution in [-0.4, -0.2) is 44.1 Å². The number of benzene rings is 1. The second-order valence-electron chi connectivity index (χ2n) is 6.03. The summed E-state index contributed by atoms with van der Waals surface area (Å²) in [5.41, 5.74) is -1.60. The van der Waals surface area contributed by atoms with Gasteiger partial charge in [0.25, 0.3) is 11.5 Å². The predicted octanol–water partition coefficient (Wildman–Crippen LogP) is -0.289. The Kier molecular flexibility index (Phi) is 5.37. The Morgan fingerprint density at radius 1 is 1.30 bits per heavy atom. The van der Waals surface area contributed by atoms with Crippen molar-refractivity contribution in [2.45, 2.75) is 31.8 Å². The third kappa shape index (κ3) is 3.48. The molecule has 3 rings (SSSR count). The molecular formula is C19H18N2O6. The topological polar surface area (TPSA) is 111 Å². The maximum atomic E-state index is 12.9. The van der Waals surface area contributed by atoms with Gasteiger partial charge in [-0.25, -0.2) is 4.79 Å². The van der Waals surface area contributed by atoms with Gasteiger partial charge < -0.3 is 14.9 Å². The fraction of sp³-hybridized carbons (Fsp3) is 0.316. The first kappa shape index (κ1) is 18.8. The Balaban J connectivity index is 2.17. The van der Waals surface area contributed by atoms with Crippen LogP contribution in [0, 0.1) is 11.8 Å². The lowest BCUT2D eigenvalue weighted by Crippen LogP contribution is -2.45. The number of nitrogens with zero attached hydrogens (tertiary/aromatic N) is 2. The minimum absolute atomic E-state index is 0.0296. The van der Waals surface area contributed by atoms with Gasteiger partial charge in [0, 0.05) is 18.2 Å². The van der Waals surface area contributed by atoms with E-state index in [1.807, 2.05) is 0 Å². The van der Waals surface area contributed by atoms with Crippen molar-refractivity contribution in [2.75, 3.05) is 6.61 Å². The number of rotatable bonds is 3. The summed E-state index contributed by atoms with van der Waals surface area (Å²) in [5.74, 6) is 4.38. The highest BCUT2D eigenvalue weighted by Gasteiger charge is 2.36. The van der Waals surface area contributed by atoms with Gasteiger partial charge in [-0.2, -0.15) is 4.57 Å². The van der Waals surface area contributed by atoms with Gasteiger partial charge in [0.1, 0.15) is 17.9 Å². The van der Waals surface area contributed by atoms with E-state index in [0.717, 1.165) is 4.57 Å². The van der Waals surface area contributed by atoms with Crippen LogP contribution in [0.5, 0.6) is 0 Å². The van der Waals surface area contributed by atoms with Crippen LogP contribution in [0.2, 0.25) is 0 Å². The molecule has 140 valence electrons. The smallest absolute Gasteiger partial charge is 0.340 e. The number of ether oxygens (including phenoxy) is 1. The first-order valence-corrected chi connectivity index (χ1v) is 8.33. The van der Waals surface area contributed by atoms with Gasteiger partial charge in [-0.3, -0.25) is 14.2 Å². The van der Waals surface area contributed by atoms with Gasteiger partial charge >= 0.3 is 5.69 Å². The molecular weight excluding hydrogens is 352 g/mol. The quantitative estimate of drug-likeness (QED) is 0.719. The fourth-order valence-corrected chi connectivity index (χ4v) is 2.94. The van der Waals surface area contributed by atoms with E-state index in [1.165, 1.54) is 25.3 Å². The number of hydrogen-bond donors (Lipinski definition) is 2. The average molecular weight is 370 g/mol. The van der Waals surface area contributed by atoms with Crippen molar-refractivity contribution >= 4 is 5.91 Å². The molecule has 0 amide bonds. The average Bonchev–Trinajstić information content (AvgIpc) is 3.05. The zero-order valence-electron chi connectivity index (χ0n) is 14.5. The second kappa shape index (κ2) is 7.72. The molecule has 1 fully saturated rings. The standard InChI is InChI=1S/C19H18N2O6/c1-2-6-13-10-20(16-9-14(23)15(11-22)27-16)19(26)21(18(13)25)17(24)12-7-4-3-5-8-12/h3-5,7-8,10,14-16,22-23H,9,11H2,1H3/t14-,15+,16+/m0/s1. The molecule has 2 heterocycles. The SMILES string of the molecule is CC#Cc1cn([C@H]2C[C@H](O)[C@@H](CO)O2)c(=O)n(C(=O)c2ccccc2)c1=O. The molecule has 3 atom stereocenters. The van der Waals surface area contributed by atoms with E-state index in [-0.39, 0.29) is 17.5 Å². The number of carbonyl (C=O) groups is 1. The molecule has 1 aromatic heterocycles. The summed E-state index contributed by atoms with van der Waals surface area (Å²) >= 11 is 0. The normalized spacial score (nSPS) is 21.5. The second-order valence-corrected chi connectivity index (χ2v) is 6.03. The van der Waals surface area contributed by atoms with Crippen molar-refractivity contribution < 1.29 is 19.7 Å². The highest BCUT2D eigenvalue weighted by atomic mass is 16.5. The van der Waals surface area contributed by atoms with Crippen LogP contribution in [0.15, 0.2) is 46.1 Å².